The van der Waals surface area contributed by atoms with Crippen LogP contribution in [0, 0.1) is 27.7 Å². The van der Waals surface area contributed by atoms with E-state index in [1.54, 1.807) is 0 Å². The maximum absolute atomic E-state index is 12.3. The van der Waals surface area contributed by atoms with Crippen LogP contribution in [0.1, 0.15) is 192 Å². The third kappa shape index (κ3) is 24.7. The molecule has 0 radical (unpaired) electrons. The van der Waals surface area contributed by atoms with Gasteiger partial charge in [0.15, 0.2) is 0 Å². The average molecular weight is 1000 g/mol. The molecule has 0 aliphatic carbocycles. The first kappa shape index (κ1) is 64.4. The van der Waals surface area contributed by atoms with Gasteiger partial charge in [-0.3, -0.25) is 24.9 Å². The molecule has 0 fully saturated rings. The van der Waals surface area contributed by atoms with Gasteiger partial charge in [-0.15, -0.1) is 0 Å². The van der Waals surface area contributed by atoms with Gasteiger partial charge in [0.2, 0.25) is 0 Å². The number of hydrogen-bond donors (Lipinski definition) is 0. The van der Waals surface area contributed by atoms with Gasteiger partial charge in [-0.05, 0) is 142 Å². The van der Waals surface area contributed by atoms with Crippen molar-refractivity contribution in [2.24, 2.45) is 0 Å². The van der Waals surface area contributed by atoms with Gasteiger partial charge >= 0.3 is 12.4 Å². The highest BCUT2D eigenvalue weighted by atomic mass is 19.4. The second-order valence-electron chi connectivity index (χ2n) is 24.0. The van der Waals surface area contributed by atoms with Crippen LogP contribution in [0.3, 0.4) is 0 Å². The van der Waals surface area contributed by atoms with Crippen molar-refractivity contribution in [2.75, 3.05) is 0 Å². The normalized spacial score (nSPS) is 12.2. The Hall–Kier alpha value is -5.59. The molecule has 0 aromatic carbocycles. The van der Waals surface area contributed by atoms with Crippen molar-refractivity contribution in [1.82, 2.24) is 34.9 Å². The number of aromatic nitrogens is 7. The van der Waals surface area contributed by atoms with E-state index >= 15 is 0 Å². The number of pyridine rings is 5. The minimum absolute atomic E-state index is 0.160. The highest BCUT2D eigenvalue weighted by molar-refractivity contribution is 5.27. The quantitative estimate of drug-likeness (QED) is 0.140. The van der Waals surface area contributed by atoms with E-state index in [-0.39, 0.29) is 32.5 Å². The molecule has 0 saturated carbocycles. The average Bonchev–Trinajstić information content (AvgIpc) is 3.23. The molecule has 0 bridgehead atoms. The SMILES string of the molecule is CC(C)(C)c1ccc(C(F)(F)F)nc1.CC(C)(C)c1cncc(C(F)(F)F)c1.Cc1cc(C(C)(C)C)ccn1.Cc1cc(C(C)(C)C)ccn1.Cc1cc(C(C)(C)C)ccn1.Cc1ncc(C(C)(C)C)cn1. The van der Waals surface area contributed by atoms with Gasteiger partial charge in [0, 0.05) is 66.7 Å². The number of nitrogens with zero attached hydrogens (tertiary/aromatic N) is 7. The van der Waals surface area contributed by atoms with Crippen molar-refractivity contribution in [3.63, 3.8) is 0 Å². The Morgan fingerprint density at radius 3 is 0.861 bits per heavy atom. The van der Waals surface area contributed by atoms with Crippen LogP contribution in [-0.2, 0) is 44.8 Å². The minimum atomic E-state index is -4.35. The van der Waals surface area contributed by atoms with Crippen molar-refractivity contribution >= 4 is 0 Å². The van der Waals surface area contributed by atoms with Crippen molar-refractivity contribution in [3.05, 3.63) is 172 Å². The van der Waals surface area contributed by atoms with Crippen LogP contribution < -0.4 is 0 Å². The molecule has 0 atom stereocenters. The fraction of sp³-hybridized carbons (Fsp3) is 0.508. The fourth-order valence-electron chi connectivity index (χ4n) is 5.83. The van der Waals surface area contributed by atoms with Crippen LogP contribution in [0.5, 0.6) is 0 Å². The highest BCUT2D eigenvalue weighted by Crippen LogP contribution is 2.32. The molecule has 0 amide bonds. The van der Waals surface area contributed by atoms with E-state index in [0.717, 1.165) is 46.8 Å². The van der Waals surface area contributed by atoms with Gasteiger partial charge in [-0.25, -0.2) is 9.97 Å². The Morgan fingerprint density at radius 1 is 0.292 bits per heavy atom. The van der Waals surface area contributed by atoms with E-state index in [1.807, 2.05) is 100 Å². The van der Waals surface area contributed by atoms with E-state index in [0.29, 0.717) is 5.56 Å². The lowest BCUT2D eigenvalue weighted by molar-refractivity contribution is -0.141. The first-order valence-electron chi connectivity index (χ1n) is 24.1. The van der Waals surface area contributed by atoms with Gasteiger partial charge < -0.3 is 0 Å². The van der Waals surface area contributed by atoms with Crippen LogP contribution in [0.4, 0.5) is 26.3 Å². The molecule has 396 valence electrons. The zero-order chi connectivity index (χ0) is 55.9. The summed E-state index contributed by atoms with van der Waals surface area (Å²) in [5.74, 6) is 0.831. The maximum Gasteiger partial charge on any atom is 0.433 e. The third-order valence-electron chi connectivity index (χ3n) is 10.8. The molecule has 0 spiro atoms. The molecule has 6 rings (SSSR count). The van der Waals surface area contributed by atoms with Crippen LogP contribution in [0.15, 0.2) is 104 Å². The summed E-state index contributed by atoms with van der Waals surface area (Å²) in [6, 6.07) is 16.3. The lowest BCUT2D eigenvalue weighted by atomic mass is 9.87. The van der Waals surface area contributed by atoms with Crippen molar-refractivity contribution in [3.8, 4) is 0 Å². The maximum atomic E-state index is 12.3. The predicted molar refractivity (Wildman–Crippen MR) is 284 cm³/mol. The molecule has 6 heterocycles. The zero-order valence-electron chi connectivity index (χ0n) is 47.2. The molecular formula is C59H83F6N7. The molecular weight excluding hydrogens is 921 g/mol. The summed E-state index contributed by atoms with van der Waals surface area (Å²) < 4.78 is 73.4. The van der Waals surface area contributed by atoms with Crippen molar-refractivity contribution in [2.45, 2.75) is 197 Å². The van der Waals surface area contributed by atoms with Crippen LogP contribution in [0.25, 0.3) is 0 Å². The molecule has 6 aromatic heterocycles. The van der Waals surface area contributed by atoms with Crippen LogP contribution in [0.2, 0.25) is 0 Å². The molecule has 72 heavy (non-hydrogen) atoms. The van der Waals surface area contributed by atoms with Crippen LogP contribution >= 0.6 is 0 Å². The van der Waals surface area contributed by atoms with Gasteiger partial charge in [-0.2, -0.15) is 26.3 Å². The summed E-state index contributed by atoms with van der Waals surface area (Å²) in [6.07, 6.45) is 4.32. The third-order valence-corrected chi connectivity index (χ3v) is 10.8. The summed E-state index contributed by atoms with van der Waals surface area (Å²) in [6.45, 7) is 45.7. The Morgan fingerprint density at radius 2 is 0.611 bits per heavy atom. The van der Waals surface area contributed by atoms with Gasteiger partial charge in [-0.1, -0.05) is 131 Å². The molecule has 6 aromatic rings. The summed E-state index contributed by atoms with van der Waals surface area (Å²) in [5.41, 5.74) is 8.79. The van der Waals surface area contributed by atoms with E-state index in [2.05, 4.69) is 154 Å². The van der Waals surface area contributed by atoms with Crippen LogP contribution in [-0.4, -0.2) is 34.9 Å². The lowest BCUT2D eigenvalue weighted by Gasteiger charge is -2.19. The summed E-state index contributed by atoms with van der Waals surface area (Å²) in [5, 5.41) is 0. The molecule has 0 aliphatic heterocycles. The Kier molecular flexibility index (Phi) is 23.2. The summed E-state index contributed by atoms with van der Waals surface area (Å²) in [7, 11) is 0. The Labute approximate surface area is 428 Å². The second-order valence-corrected chi connectivity index (χ2v) is 24.0. The number of rotatable bonds is 0. The molecule has 0 aliphatic rings. The van der Waals surface area contributed by atoms with Crippen molar-refractivity contribution < 1.29 is 26.3 Å². The monoisotopic (exact) mass is 1000 g/mol. The molecule has 0 N–H and O–H groups in total. The van der Waals surface area contributed by atoms with Gasteiger partial charge in [0.05, 0.1) is 5.56 Å². The van der Waals surface area contributed by atoms with E-state index < -0.39 is 23.6 Å². The number of halogens is 6. The van der Waals surface area contributed by atoms with E-state index in [1.165, 1.54) is 40.7 Å². The standard InChI is InChI=1S/2C10H12F3N.3C10H15N.C9H14N2/c1-9(2,3)7-4-8(6-14-5-7)10(11,12)13;1-9(2,3)7-4-5-8(14-6-7)10(11,12)13;3*1-8-7-9(5-6-11-8)10(2,3)4;1-7-10-5-8(6-11-7)9(2,3)4/h2*4-6H,1-3H3;3*5-7H,1-4H3;5-6H,1-4H3. The zero-order valence-corrected chi connectivity index (χ0v) is 47.2. The molecule has 13 heteroatoms. The Balaban J connectivity index is 0.000000433. The minimum Gasteiger partial charge on any atom is -0.264 e. The predicted octanol–water partition coefficient (Wildman–Crippen LogP) is 16.9. The second kappa shape index (κ2) is 25.9. The molecule has 0 unspecified atom stereocenters. The van der Waals surface area contributed by atoms with Gasteiger partial charge in [0.25, 0.3) is 0 Å². The number of hydrogen-bond acceptors (Lipinski definition) is 7. The van der Waals surface area contributed by atoms with Gasteiger partial charge in [0.1, 0.15) is 11.5 Å². The van der Waals surface area contributed by atoms with Crippen molar-refractivity contribution in [1.29, 1.82) is 0 Å². The largest absolute Gasteiger partial charge is 0.433 e. The molecule has 0 saturated heterocycles. The highest BCUT2D eigenvalue weighted by Gasteiger charge is 2.33. The first-order chi connectivity index (χ1) is 32.4. The van der Waals surface area contributed by atoms with E-state index in [9.17, 15) is 26.3 Å². The summed E-state index contributed by atoms with van der Waals surface area (Å²) in [4.78, 5) is 27.7. The number of alkyl halides is 6. The van der Waals surface area contributed by atoms with E-state index in [4.69, 9.17) is 0 Å². The molecule has 7 nitrogen and oxygen atoms in total. The number of aryl methyl sites for hydroxylation is 4. The fourth-order valence-corrected chi connectivity index (χ4v) is 5.83. The first-order valence-corrected chi connectivity index (χ1v) is 24.1. The Bertz CT molecular complexity index is 2330. The topological polar surface area (TPSA) is 90.2 Å². The lowest BCUT2D eigenvalue weighted by Crippen LogP contribution is -2.14. The smallest absolute Gasteiger partial charge is 0.264 e. The summed E-state index contributed by atoms with van der Waals surface area (Å²) >= 11 is 0.